The van der Waals surface area contributed by atoms with Gasteiger partial charge in [0.05, 0.1) is 11.8 Å². The van der Waals surface area contributed by atoms with E-state index in [1.807, 2.05) is 0 Å². The van der Waals surface area contributed by atoms with E-state index >= 15 is 0 Å². The third-order valence-corrected chi connectivity index (χ3v) is 1.78. The molecule has 0 fully saturated rings. The summed E-state index contributed by atoms with van der Waals surface area (Å²) < 4.78 is 49.9. The summed E-state index contributed by atoms with van der Waals surface area (Å²) in [4.78, 5) is 0. The zero-order valence-electron chi connectivity index (χ0n) is 8.25. The van der Waals surface area contributed by atoms with E-state index < -0.39 is 17.6 Å². The lowest BCUT2D eigenvalue weighted by molar-refractivity contribution is -0.140. The van der Waals surface area contributed by atoms with Gasteiger partial charge in [0.25, 0.3) is 0 Å². The second-order valence-electron chi connectivity index (χ2n) is 2.97. The molecule has 0 saturated heterocycles. The third-order valence-electron chi connectivity index (χ3n) is 1.68. The predicted octanol–water partition coefficient (Wildman–Crippen LogP) is 2.01. The van der Waals surface area contributed by atoms with Crippen LogP contribution in [0.3, 0.4) is 0 Å². The summed E-state index contributed by atoms with van der Waals surface area (Å²) in [5.74, 6) is -1.34. The van der Waals surface area contributed by atoms with Crippen molar-refractivity contribution >= 4 is 23.5 Å². The molecular formula is C9H7F4N3S. The van der Waals surface area contributed by atoms with Crippen LogP contribution < -0.4 is 11.2 Å². The summed E-state index contributed by atoms with van der Waals surface area (Å²) in [6.07, 6.45) is -3.70. The first-order valence-corrected chi connectivity index (χ1v) is 4.67. The zero-order chi connectivity index (χ0) is 13.1. The summed E-state index contributed by atoms with van der Waals surface area (Å²) >= 11 is 4.43. The van der Waals surface area contributed by atoms with Gasteiger partial charge in [-0.1, -0.05) is 6.07 Å². The molecule has 0 aliphatic rings. The van der Waals surface area contributed by atoms with Crippen LogP contribution in [0.15, 0.2) is 23.3 Å². The van der Waals surface area contributed by atoms with Crippen molar-refractivity contribution in [3.63, 3.8) is 0 Å². The van der Waals surface area contributed by atoms with Crippen molar-refractivity contribution in [3.8, 4) is 0 Å². The maximum atomic E-state index is 12.9. The number of benzene rings is 1. The van der Waals surface area contributed by atoms with E-state index in [9.17, 15) is 17.6 Å². The molecule has 3 nitrogen and oxygen atoms in total. The Balaban J connectivity index is 2.97. The van der Waals surface area contributed by atoms with Crippen LogP contribution in [0.1, 0.15) is 11.1 Å². The van der Waals surface area contributed by atoms with Crippen LogP contribution in [0.4, 0.5) is 17.6 Å². The zero-order valence-corrected chi connectivity index (χ0v) is 9.07. The van der Waals surface area contributed by atoms with E-state index in [0.29, 0.717) is 12.1 Å². The van der Waals surface area contributed by atoms with E-state index in [4.69, 9.17) is 5.73 Å². The van der Waals surface area contributed by atoms with Crippen molar-refractivity contribution in [3.05, 3.63) is 35.1 Å². The number of alkyl halides is 3. The van der Waals surface area contributed by atoms with Crippen molar-refractivity contribution in [1.82, 2.24) is 5.43 Å². The van der Waals surface area contributed by atoms with Crippen LogP contribution >= 0.6 is 12.2 Å². The summed E-state index contributed by atoms with van der Waals surface area (Å²) in [5, 5.41) is 3.34. The van der Waals surface area contributed by atoms with E-state index in [2.05, 4.69) is 22.7 Å². The molecule has 1 aromatic rings. The first-order chi connectivity index (χ1) is 7.80. The standard InChI is InChI=1S/C9H7F4N3S/c10-7-2-1-5(4-15-16-8(14)17)3-6(7)9(11,12)13/h1-4H,(H3,14,16,17)/b15-4+. The highest BCUT2D eigenvalue weighted by Crippen LogP contribution is 2.31. The molecule has 0 amide bonds. The van der Waals surface area contributed by atoms with Crippen molar-refractivity contribution in [2.24, 2.45) is 10.8 Å². The van der Waals surface area contributed by atoms with Gasteiger partial charge in [0.15, 0.2) is 5.11 Å². The Morgan fingerprint density at radius 1 is 1.41 bits per heavy atom. The molecule has 0 bridgehead atoms. The molecule has 0 heterocycles. The summed E-state index contributed by atoms with van der Waals surface area (Å²) in [5.41, 5.74) is 5.94. The summed E-state index contributed by atoms with van der Waals surface area (Å²) in [6, 6.07) is 2.50. The first-order valence-electron chi connectivity index (χ1n) is 4.26. The number of nitrogens with zero attached hydrogens (tertiary/aromatic N) is 1. The number of halogens is 4. The highest BCUT2D eigenvalue weighted by Gasteiger charge is 2.33. The first kappa shape index (κ1) is 13.4. The van der Waals surface area contributed by atoms with E-state index in [0.717, 1.165) is 12.3 Å². The van der Waals surface area contributed by atoms with Crippen molar-refractivity contribution in [2.75, 3.05) is 0 Å². The largest absolute Gasteiger partial charge is 0.419 e. The molecule has 0 atom stereocenters. The average molecular weight is 265 g/mol. The number of hydrazone groups is 1. The van der Waals surface area contributed by atoms with Gasteiger partial charge in [0.2, 0.25) is 0 Å². The maximum absolute atomic E-state index is 12.9. The number of nitrogens with one attached hydrogen (secondary N) is 1. The molecule has 3 N–H and O–H groups in total. The molecular weight excluding hydrogens is 258 g/mol. The van der Waals surface area contributed by atoms with Gasteiger partial charge >= 0.3 is 6.18 Å². The molecule has 1 aromatic carbocycles. The smallest absolute Gasteiger partial charge is 0.375 e. The highest BCUT2D eigenvalue weighted by molar-refractivity contribution is 7.80. The number of nitrogens with two attached hydrogens (primary N) is 1. The third kappa shape index (κ3) is 3.99. The number of rotatable bonds is 2. The molecule has 17 heavy (non-hydrogen) atoms. The minimum atomic E-state index is -4.75. The second-order valence-corrected chi connectivity index (χ2v) is 3.41. The fraction of sp³-hybridized carbons (Fsp3) is 0.111. The molecule has 0 spiro atoms. The lowest BCUT2D eigenvalue weighted by Crippen LogP contribution is -2.24. The molecule has 0 saturated carbocycles. The number of hydrogen-bond acceptors (Lipinski definition) is 2. The van der Waals surface area contributed by atoms with Crippen molar-refractivity contribution < 1.29 is 17.6 Å². The predicted molar refractivity (Wildman–Crippen MR) is 58.9 cm³/mol. The Morgan fingerprint density at radius 2 is 2.06 bits per heavy atom. The molecule has 92 valence electrons. The molecule has 0 aliphatic carbocycles. The van der Waals surface area contributed by atoms with Gasteiger partial charge in [-0.3, -0.25) is 5.43 Å². The lowest BCUT2D eigenvalue weighted by Gasteiger charge is -2.08. The fourth-order valence-corrected chi connectivity index (χ4v) is 1.06. The maximum Gasteiger partial charge on any atom is 0.419 e. The van der Waals surface area contributed by atoms with Crippen LogP contribution in [-0.2, 0) is 6.18 Å². The van der Waals surface area contributed by atoms with Crippen molar-refractivity contribution in [2.45, 2.75) is 6.18 Å². The minimum Gasteiger partial charge on any atom is -0.375 e. The monoisotopic (exact) mass is 265 g/mol. The quantitative estimate of drug-likeness (QED) is 0.372. The van der Waals surface area contributed by atoms with Crippen LogP contribution in [-0.4, -0.2) is 11.3 Å². The summed E-state index contributed by atoms with van der Waals surface area (Å²) in [6.45, 7) is 0. The molecule has 0 radical (unpaired) electrons. The van der Waals surface area contributed by atoms with Gasteiger partial charge in [-0.05, 0) is 29.9 Å². The fourth-order valence-electron chi connectivity index (χ4n) is 1.01. The molecule has 1 rings (SSSR count). The lowest BCUT2D eigenvalue weighted by atomic mass is 10.1. The van der Waals surface area contributed by atoms with Crippen LogP contribution in [0, 0.1) is 5.82 Å². The second kappa shape index (κ2) is 5.09. The minimum absolute atomic E-state index is 0.0717. The van der Waals surface area contributed by atoms with Crippen molar-refractivity contribution in [1.29, 1.82) is 0 Å². The van der Waals surface area contributed by atoms with Gasteiger partial charge < -0.3 is 5.73 Å². The Morgan fingerprint density at radius 3 is 2.59 bits per heavy atom. The van der Waals surface area contributed by atoms with Gasteiger partial charge in [0.1, 0.15) is 5.82 Å². The highest BCUT2D eigenvalue weighted by atomic mass is 32.1. The molecule has 0 aliphatic heterocycles. The van der Waals surface area contributed by atoms with Gasteiger partial charge in [-0.15, -0.1) is 0 Å². The van der Waals surface area contributed by atoms with E-state index in [1.54, 1.807) is 0 Å². The average Bonchev–Trinajstić information content (AvgIpc) is 2.18. The Labute approximate surface area is 99.3 Å². The van der Waals surface area contributed by atoms with Crippen LogP contribution in [0.2, 0.25) is 0 Å². The van der Waals surface area contributed by atoms with Crippen LogP contribution in [0.25, 0.3) is 0 Å². The van der Waals surface area contributed by atoms with Gasteiger partial charge in [0, 0.05) is 0 Å². The van der Waals surface area contributed by atoms with Gasteiger partial charge in [-0.2, -0.15) is 18.3 Å². The number of hydrogen-bond donors (Lipinski definition) is 2. The molecule has 0 aromatic heterocycles. The molecule has 8 heteroatoms. The Kier molecular flexibility index (Phi) is 4.00. The topological polar surface area (TPSA) is 50.4 Å². The Bertz CT molecular complexity index is 456. The van der Waals surface area contributed by atoms with Crippen LogP contribution in [0.5, 0.6) is 0 Å². The Hall–Kier alpha value is -1.70. The normalized spacial score (nSPS) is 11.8. The number of thiocarbonyl (C=S) groups is 1. The molecule has 0 unspecified atom stereocenters. The SMILES string of the molecule is NC(=S)N/N=C/c1ccc(F)c(C(F)(F)F)c1. The van der Waals surface area contributed by atoms with Gasteiger partial charge in [-0.25, -0.2) is 4.39 Å². The van der Waals surface area contributed by atoms with E-state index in [1.165, 1.54) is 0 Å². The summed E-state index contributed by atoms with van der Waals surface area (Å²) in [7, 11) is 0. The van der Waals surface area contributed by atoms with E-state index in [-0.39, 0.29) is 10.7 Å².